The van der Waals surface area contributed by atoms with Crippen molar-refractivity contribution in [2.45, 2.75) is 11.6 Å². The molecular weight excluding hydrogens is 375 g/mol. The third kappa shape index (κ3) is 5.09. The first-order valence-corrected chi connectivity index (χ1v) is 8.41. The number of ketones is 1. The normalized spacial score (nSPS) is 10.5. The van der Waals surface area contributed by atoms with Gasteiger partial charge in [-0.15, -0.1) is 0 Å². The van der Waals surface area contributed by atoms with Gasteiger partial charge in [0.05, 0.1) is 30.0 Å². The van der Waals surface area contributed by atoms with E-state index in [1.165, 1.54) is 25.3 Å². The smallest absolute Gasteiger partial charge is 0.311 e. The minimum Gasteiger partial charge on any atom is -0.469 e. The second-order valence-corrected chi connectivity index (χ2v) is 6.44. The number of halogens is 2. The molecule has 0 aliphatic heterocycles. The number of esters is 1. The van der Waals surface area contributed by atoms with Crippen LogP contribution in [0.4, 0.5) is 0 Å². The van der Waals surface area contributed by atoms with Crippen molar-refractivity contribution in [2.24, 2.45) is 0 Å². The Balaban J connectivity index is 2.09. The predicted molar refractivity (Wildman–Crippen MR) is 92.1 cm³/mol. The van der Waals surface area contributed by atoms with Gasteiger partial charge in [0, 0.05) is 16.7 Å². The highest BCUT2D eigenvalue weighted by Gasteiger charge is 2.13. The van der Waals surface area contributed by atoms with Crippen LogP contribution in [0.2, 0.25) is 10.0 Å². The molecule has 0 unspecified atom stereocenters. The van der Waals surface area contributed by atoms with Crippen LogP contribution >= 0.6 is 35.0 Å². The fraction of sp³-hybridized carbons (Fsp3) is 0.200. The number of ether oxygens (including phenoxy) is 1. The van der Waals surface area contributed by atoms with Crippen molar-refractivity contribution in [2.75, 3.05) is 12.9 Å². The molecule has 1 heterocycles. The fourth-order valence-corrected chi connectivity index (χ4v) is 3.08. The number of aromatic amines is 1. The van der Waals surface area contributed by atoms with E-state index in [9.17, 15) is 14.4 Å². The second-order valence-electron chi connectivity index (χ2n) is 4.63. The van der Waals surface area contributed by atoms with Crippen molar-refractivity contribution in [3.63, 3.8) is 0 Å². The molecule has 0 amide bonds. The minimum absolute atomic E-state index is 0.0198. The van der Waals surface area contributed by atoms with Crippen LogP contribution in [0.1, 0.15) is 16.1 Å². The van der Waals surface area contributed by atoms with E-state index in [0.29, 0.717) is 10.6 Å². The molecule has 1 N–H and O–H groups in total. The zero-order valence-corrected chi connectivity index (χ0v) is 14.8. The van der Waals surface area contributed by atoms with Gasteiger partial charge in [-0.1, -0.05) is 35.0 Å². The fourth-order valence-electron chi connectivity index (χ4n) is 1.79. The Hall–Kier alpha value is -1.83. The number of hydrogen-bond donors (Lipinski definition) is 1. The zero-order valence-electron chi connectivity index (χ0n) is 12.5. The van der Waals surface area contributed by atoms with Gasteiger partial charge in [0.1, 0.15) is 0 Å². The maximum absolute atomic E-state index is 12.2. The molecular formula is C15H12Cl2N2O4S. The van der Waals surface area contributed by atoms with Crippen LogP contribution in [0.25, 0.3) is 0 Å². The van der Waals surface area contributed by atoms with Gasteiger partial charge in [-0.25, -0.2) is 4.98 Å². The highest BCUT2D eigenvalue weighted by molar-refractivity contribution is 7.99. The molecule has 0 bridgehead atoms. The SMILES string of the molecule is COC(=O)Cc1cc(=O)[nH]c(SCC(=O)c2ccc(Cl)cc2Cl)n1. The molecule has 24 heavy (non-hydrogen) atoms. The topological polar surface area (TPSA) is 89.1 Å². The summed E-state index contributed by atoms with van der Waals surface area (Å²) in [6, 6.07) is 5.80. The summed E-state index contributed by atoms with van der Waals surface area (Å²) < 4.78 is 4.54. The number of carbonyl (C=O) groups is 2. The van der Waals surface area contributed by atoms with E-state index in [-0.39, 0.29) is 33.8 Å². The lowest BCUT2D eigenvalue weighted by molar-refractivity contribution is -0.139. The Bertz CT molecular complexity index is 838. The van der Waals surface area contributed by atoms with Crippen LogP contribution in [0.15, 0.2) is 34.2 Å². The molecule has 1 aromatic carbocycles. The van der Waals surface area contributed by atoms with Crippen LogP contribution in [0, 0.1) is 0 Å². The highest BCUT2D eigenvalue weighted by atomic mass is 35.5. The quantitative estimate of drug-likeness (QED) is 0.355. The van der Waals surface area contributed by atoms with Gasteiger partial charge < -0.3 is 9.72 Å². The number of rotatable bonds is 6. The summed E-state index contributed by atoms with van der Waals surface area (Å²) in [5.74, 6) is -0.720. The largest absolute Gasteiger partial charge is 0.469 e. The predicted octanol–water partition coefficient (Wildman–Crippen LogP) is 2.77. The van der Waals surface area contributed by atoms with Gasteiger partial charge in [0.2, 0.25) is 0 Å². The van der Waals surface area contributed by atoms with Crippen molar-refractivity contribution in [1.29, 1.82) is 0 Å². The molecule has 0 atom stereocenters. The van der Waals surface area contributed by atoms with Gasteiger partial charge in [-0.2, -0.15) is 0 Å². The third-order valence-electron chi connectivity index (χ3n) is 2.90. The Morgan fingerprint density at radius 1 is 1.29 bits per heavy atom. The van der Waals surface area contributed by atoms with Gasteiger partial charge in [0.25, 0.3) is 5.56 Å². The van der Waals surface area contributed by atoms with Crippen LogP contribution in [-0.4, -0.2) is 34.6 Å². The van der Waals surface area contributed by atoms with Crippen molar-refractivity contribution >= 4 is 46.7 Å². The minimum atomic E-state index is -0.506. The van der Waals surface area contributed by atoms with E-state index < -0.39 is 11.5 Å². The number of aromatic nitrogens is 2. The lowest BCUT2D eigenvalue weighted by Crippen LogP contribution is -2.14. The number of nitrogens with zero attached hydrogens (tertiary/aromatic N) is 1. The molecule has 0 saturated carbocycles. The zero-order chi connectivity index (χ0) is 17.7. The molecule has 0 radical (unpaired) electrons. The van der Waals surface area contributed by atoms with Crippen molar-refractivity contribution < 1.29 is 14.3 Å². The highest BCUT2D eigenvalue weighted by Crippen LogP contribution is 2.23. The van der Waals surface area contributed by atoms with E-state index in [0.717, 1.165) is 11.8 Å². The maximum atomic E-state index is 12.2. The van der Waals surface area contributed by atoms with E-state index in [2.05, 4.69) is 14.7 Å². The number of Topliss-reactive ketones (excluding diaryl/α,β-unsaturated/α-hetero) is 1. The molecule has 0 aliphatic rings. The number of nitrogens with one attached hydrogen (secondary N) is 1. The molecule has 0 fully saturated rings. The van der Waals surface area contributed by atoms with Crippen LogP contribution < -0.4 is 5.56 Å². The van der Waals surface area contributed by atoms with Crippen LogP contribution in [0.5, 0.6) is 0 Å². The monoisotopic (exact) mass is 386 g/mol. The first-order valence-electron chi connectivity index (χ1n) is 6.67. The molecule has 0 saturated heterocycles. The molecule has 6 nitrogen and oxygen atoms in total. The summed E-state index contributed by atoms with van der Waals surface area (Å²) >= 11 is 12.8. The lowest BCUT2D eigenvalue weighted by atomic mass is 10.1. The summed E-state index contributed by atoms with van der Waals surface area (Å²) in [6.45, 7) is 0. The third-order valence-corrected chi connectivity index (χ3v) is 4.32. The number of thioether (sulfide) groups is 1. The van der Waals surface area contributed by atoms with E-state index in [1.54, 1.807) is 6.07 Å². The maximum Gasteiger partial charge on any atom is 0.311 e. The first kappa shape index (κ1) is 18.5. The lowest BCUT2D eigenvalue weighted by Gasteiger charge is -2.05. The molecule has 9 heteroatoms. The summed E-state index contributed by atoms with van der Waals surface area (Å²) in [5, 5.41) is 0.930. The molecule has 2 rings (SSSR count). The summed E-state index contributed by atoms with van der Waals surface area (Å²) in [7, 11) is 1.25. The van der Waals surface area contributed by atoms with Crippen molar-refractivity contribution in [1.82, 2.24) is 9.97 Å². The molecule has 2 aromatic rings. The van der Waals surface area contributed by atoms with Gasteiger partial charge in [-0.3, -0.25) is 14.4 Å². The van der Waals surface area contributed by atoms with Gasteiger partial charge in [0.15, 0.2) is 10.9 Å². The second kappa shape index (κ2) is 8.32. The molecule has 1 aromatic heterocycles. The van der Waals surface area contributed by atoms with Crippen LogP contribution in [0.3, 0.4) is 0 Å². The van der Waals surface area contributed by atoms with E-state index >= 15 is 0 Å². The standard InChI is InChI=1S/C15H12Cl2N2O4S/c1-23-14(22)6-9-5-13(21)19-15(18-9)24-7-12(20)10-3-2-8(16)4-11(10)17/h2-5H,6-7H2,1H3,(H,18,19,21). The average Bonchev–Trinajstić information content (AvgIpc) is 2.52. The summed E-state index contributed by atoms with van der Waals surface area (Å²) in [6.07, 6.45) is -0.120. The molecule has 0 spiro atoms. The molecule has 126 valence electrons. The number of carbonyl (C=O) groups excluding carboxylic acids is 2. The Kier molecular flexibility index (Phi) is 6.42. The van der Waals surface area contributed by atoms with E-state index in [1.807, 2.05) is 0 Å². The van der Waals surface area contributed by atoms with Crippen molar-refractivity contribution in [3.8, 4) is 0 Å². The van der Waals surface area contributed by atoms with Gasteiger partial charge in [-0.05, 0) is 18.2 Å². The number of benzene rings is 1. The number of hydrogen-bond acceptors (Lipinski definition) is 6. The average molecular weight is 387 g/mol. The van der Waals surface area contributed by atoms with Crippen LogP contribution in [-0.2, 0) is 16.0 Å². The number of H-pyrrole nitrogens is 1. The summed E-state index contributed by atoms with van der Waals surface area (Å²) in [4.78, 5) is 41.7. The Morgan fingerprint density at radius 2 is 2.04 bits per heavy atom. The molecule has 0 aliphatic carbocycles. The number of methoxy groups -OCH3 is 1. The first-order chi connectivity index (χ1) is 11.4. The van der Waals surface area contributed by atoms with E-state index in [4.69, 9.17) is 23.2 Å². The Labute approximate surface area is 151 Å². The summed E-state index contributed by atoms with van der Waals surface area (Å²) in [5.41, 5.74) is 0.190. The Morgan fingerprint density at radius 3 is 2.71 bits per heavy atom. The van der Waals surface area contributed by atoms with Crippen molar-refractivity contribution in [3.05, 3.63) is 55.9 Å². The van der Waals surface area contributed by atoms with Gasteiger partial charge >= 0.3 is 5.97 Å².